The van der Waals surface area contributed by atoms with E-state index in [0.29, 0.717) is 26.0 Å². The molecule has 0 amide bonds. The minimum absolute atomic E-state index is 0.0840. The summed E-state index contributed by atoms with van der Waals surface area (Å²) in [6.07, 6.45) is 1.37. The summed E-state index contributed by atoms with van der Waals surface area (Å²) in [7, 11) is -4.55. The van der Waals surface area contributed by atoms with Crippen LogP contribution in [0.2, 0.25) is 5.02 Å². The minimum Gasteiger partial charge on any atom is -0.478 e. The fourth-order valence-corrected chi connectivity index (χ4v) is 2.91. The van der Waals surface area contributed by atoms with Gasteiger partial charge in [-0.05, 0) is 47.1 Å². The zero-order valence-corrected chi connectivity index (χ0v) is 16.5. The van der Waals surface area contributed by atoms with E-state index >= 15 is 0 Å². The van der Waals surface area contributed by atoms with Crippen LogP contribution >= 0.6 is 35.4 Å². The maximum atomic E-state index is 10.7. The first-order valence-electron chi connectivity index (χ1n) is 7.08. The zero-order valence-electron chi connectivity index (χ0n) is 13.3. The lowest BCUT2D eigenvalue weighted by molar-refractivity contribution is 0.0697. The Labute approximate surface area is 161 Å². The average molecular weight is 463 g/mol. The van der Waals surface area contributed by atoms with Crippen LogP contribution in [0.5, 0.6) is 5.75 Å². The Morgan fingerprint density at radius 3 is 2.38 bits per heavy atom. The molecule has 138 valence electrons. The molecule has 3 aromatic rings. The standard InChI is InChI=1S/C8H6BrClNO4P.C8H8O2/c9-5-1-4-7(2-6(5)10)11-3-8(4)15-16(12,13)14;1-6-2-4-7(5-3-6)8(9)10/h1-3,11H,(H2,12,13,14);2-5H,1H3,(H,9,10). The lowest BCUT2D eigenvalue weighted by Gasteiger charge is -2.05. The van der Waals surface area contributed by atoms with Crippen LogP contribution in [0.3, 0.4) is 0 Å². The van der Waals surface area contributed by atoms with Gasteiger partial charge in [0.05, 0.1) is 16.1 Å². The number of carboxylic acids is 1. The summed E-state index contributed by atoms with van der Waals surface area (Å²) >= 11 is 9.09. The first-order valence-corrected chi connectivity index (χ1v) is 9.78. The molecule has 3 rings (SSSR count). The van der Waals surface area contributed by atoms with E-state index in [9.17, 15) is 9.36 Å². The predicted molar refractivity (Wildman–Crippen MR) is 102 cm³/mol. The molecule has 0 saturated carbocycles. The molecule has 0 spiro atoms. The number of aromatic nitrogens is 1. The van der Waals surface area contributed by atoms with Crippen molar-refractivity contribution in [3.05, 3.63) is 63.2 Å². The molecule has 1 aromatic heterocycles. The largest absolute Gasteiger partial charge is 0.524 e. The Bertz CT molecular complexity index is 982. The Morgan fingerprint density at radius 1 is 1.23 bits per heavy atom. The number of H-pyrrole nitrogens is 1. The quantitative estimate of drug-likeness (QED) is 0.417. The maximum Gasteiger partial charge on any atom is 0.524 e. The molecule has 0 fully saturated rings. The topological polar surface area (TPSA) is 120 Å². The molecule has 0 saturated heterocycles. The van der Waals surface area contributed by atoms with Crippen LogP contribution in [0, 0.1) is 6.92 Å². The van der Waals surface area contributed by atoms with E-state index in [4.69, 9.17) is 26.5 Å². The van der Waals surface area contributed by atoms with E-state index < -0.39 is 13.8 Å². The van der Waals surface area contributed by atoms with Gasteiger partial charge in [0.1, 0.15) is 0 Å². The summed E-state index contributed by atoms with van der Waals surface area (Å²) in [6, 6.07) is 10.0. The van der Waals surface area contributed by atoms with Crippen molar-refractivity contribution in [2.75, 3.05) is 0 Å². The van der Waals surface area contributed by atoms with E-state index in [1.807, 2.05) is 6.92 Å². The Kier molecular flexibility index (Phi) is 6.49. The van der Waals surface area contributed by atoms with Gasteiger partial charge in [-0.1, -0.05) is 29.3 Å². The maximum absolute atomic E-state index is 10.7. The number of aryl methyl sites for hydroxylation is 1. The first kappa shape index (κ1) is 20.5. The molecule has 0 unspecified atom stereocenters. The monoisotopic (exact) mass is 461 g/mol. The van der Waals surface area contributed by atoms with Crippen molar-refractivity contribution in [2.45, 2.75) is 6.92 Å². The number of phosphoric acid groups is 1. The van der Waals surface area contributed by atoms with E-state index in [0.717, 1.165) is 5.56 Å². The molecule has 0 atom stereocenters. The van der Waals surface area contributed by atoms with Crippen LogP contribution < -0.4 is 4.52 Å². The molecule has 2 aromatic carbocycles. The smallest absolute Gasteiger partial charge is 0.478 e. The van der Waals surface area contributed by atoms with Crippen LogP contribution in [0.15, 0.2) is 47.1 Å². The number of halogens is 2. The highest BCUT2D eigenvalue weighted by Gasteiger charge is 2.19. The lowest BCUT2D eigenvalue weighted by atomic mass is 10.2. The number of carbonyl (C=O) groups is 1. The number of phosphoric ester groups is 1. The second kappa shape index (κ2) is 8.24. The van der Waals surface area contributed by atoms with E-state index in [-0.39, 0.29) is 5.75 Å². The highest BCUT2D eigenvalue weighted by atomic mass is 79.9. The summed E-state index contributed by atoms with van der Waals surface area (Å²) in [5.41, 5.74) is 2.05. The van der Waals surface area contributed by atoms with Gasteiger partial charge in [0.25, 0.3) is 0 Å². The van der Waals surface area contributed by atoms with Crippen LogP contribution in [0.4, 0.5) is 0 Å². The van der Waals surface area contributed by atoms with Crippen molar-refractivity contribution in [3.63, 3.8) is 0 Å². The molecule has 10 heteroatoms. The number of aromatic amines is 1. The van der Waals surface area contributed by atoms with Gasteiger partial charge in [-0.3, -0.25) is 9.79 Å². The molecule has 0 bridgehead atoms. The molecular weight excluding hydrogens is 449 g/mol. The molecule has 26 heavy (non-hydrogen) atoms. The fraction of sp³-hybridized carbons (Fsp3) is 0.0625. The van der Waals surface area contributed by atoms with Crippen molar-refractivity contribution < 1.29 is 28.8 Å². The normalized spacial score (nSPS) is 11.0. The Morgan fingerprint density at radius 2 is 1.85 bits per heavy atom. The Hall–Kier alpha value is -1.83. The van der Waals surface area contributed by atoms with Crippen LogP contribution in [0.1, 0.15) is 15.9 Å². The zero-order chi connectivity index (χ0) is 19.5. The number of nitrogens with one attached hydrogen (secondary N) is 1. The van der Waals surface area contributed by atoms with E-state index in [1.54, 1.807) is 36.4 Å². The summed E-state index contributed by atoms with van der Waals surface area (Å²) in [4.78, 5) is 30.5. The van der Waals surface area contributed by atoms with E-state index in [1.165, 1.54) is 6.20 Å². The molecular formula is C16H14BrClNO6P. The first-order chi connectivity index (χ1) is 12.1. The predicted octanol–water partition coefficient (Wildman–Crippen LogP) is 4.75. The number of hydrogen-bond donors (Lipinski definition) is 4. The van der Waals surface area contributed by atoms with Crippen molar-refractivity contribution >= 4 is 52.2 Å². The molecule has 0 aliphatic heterocycles. The van der Waals surface area contributed by atoms with Crippen molar-refractivity contribution in [1.82, 2.24) is 4.98 Å². The van der Waals surface area contributed by atoms with Gasteiger partial charge in [-0.25, -0.2) is 9.36 Å². The van der Waals surface area contributed by atoms with Crippen molar-refractivity contribution in [3.8, 4) is 5.75 Å². The van der Waals surface area contributed by atoms with Gasteiger partial charge in [0.2, 0.25) is 0 Å². The molecule has 0 aliphatic carbocycles. The van der Waals surface area contributed by atoms with Gasteiger partial charge < -0.3 is 14.6 Å². The second-order valence-corrected chi connectivity index (χ2v) is 7.64. The summed E-state index contributed by atoms with van der Waals surface area (Å²) < 4.78 is 15.9. The molecule has 4 N–H and O–H groups in total. The SMILES string of the molecule is Cc1ccc(C(=O)O)cc1.O=P(O)(O)Oc1c[nH]c2cc(Cl)c(Br)cc12. The Balaban J connectivity index is 0.000000209. The number of rotatable bonds is 3. The highest BCUT2D eigenvalue weighted by molar-refractivity contribution is 9.10. The number of carboxylic acid groups (broad SMARTS) is 1. The third-order valence-electron chi connectivity index (χ3n) is 3.20. The van der Waals surface area contributed by atoms with Crippen molar-refractivity contribution in [2.24, 2.45) is 0 Å². The molecule has 0 aliphatic rings. The lowest BCUT2D eigenvalue weighted by Crippen LogP contribution is -1.94. The minimum atomic E-state index is -4.55. The molecule has 7 nitrogen and oxygen atoms in total. The van der Waals surface area contributed by atoms with Crippen LogP contribution in [-0.4, -0.2) is 25.8 Å². The van der Waals surface area contributed by atoms with Gasteiger partial charge in [-0.2, -0.15) is 0 Å². The number of fused-ring (bicyclic) bond motifs is 1. The summed E-state index contributed by atoms with van der Waals surface area (Å²) in [6.45, 7) is 1.92. The second-order valence-electron chi connectivity index (χ2n) is 5.22. The van der Waals surface area contributed by atoms with E-state index in [2.05, 4.69) is 25.4 Å². The summed E-state index contributed by atoms with van der Waals surface area (Å²) in [5.74, 6) is -0.791. The van der Waals surface area contributed by atoms with Crippen LogP contribution in [0.25, 0.3) is 10.9 Å². The van der Waals surface area contributed by atoms with Gasteiger partial charge in [0, 0.05) is 16.1 Å². The fourth-order valence-electron chi connectivity index (χ4n) is 1.99. The number of benzene rings is 2. The van der Waals surface area contributed by atoms with Crippen molar-refractivity contribution in [1.29, 1.82) is 0 Å². The van der Waals surface area contributed by atoms with Gasteiger partial charge >= 0.3 is 13.8 Å². The van der Waals surface area contributed by atoms with Crippen LogP contribution in [-0.2, 0) is 4.57 Å². The molecule has 1 heterocycles. The highest BCUT2D eigenvalue weighted by Crippen LogP contribution is 2.42. The van der Waals surface area contributed by atoms with Gasteiger partial charge in [0.15, 0.2) is 5.75 Å². The number of aromatic carboxylic acids is 1. The molecule has 0 radical (unpaired) electrons. The number of hydrogen-bond acceptors (Lipinski definition) is 3. The average Bonchev–Trinajstić information content (AvgIpc) is 2.89. The third kappa shape index (κ3) is 5.59. The third-order valence-corrected chi connectivity index (χ3v) is 4.83. The summed E-state index contributed by atoms with van der Waals surface area (Å²) in [5, 5.41) is 9.51. The van der Waals surface area contributed by atoms with Gasteiger partial charge in [-0.15, -0.1) is 0 Å².